The fourth-order valence-electron chi connectivity index (χ4n) is 1.35. The SMILES string of the molecule is CCOCC(=O)Nc1ccccc1N(C)C. The first kappa shape index (κ1) is 12.5. The molecule has 1 N–H and O–H groups in total. The number of carbonyl (C=O) groups is 1. The highest BCUT2D eigenvalue weighted by Crippen LogP contribution is 2.23. The van der Waals surface area contributed by atoms with Gasteiger partial charge in [0, 0.05) is 20.7 Å². The van der Waals surface area contributed by atoms with Crippen LogP contribution in [0, 0.1) is 0 Å². The molecule has 0 saturated heterocycles. The van der Waals surface area contributed by atoms with Crippen molar-refractivity contribution in [3.05, 3.63) is 24.3 Å². The van der Waals surface area contributed by atoms with Gasteiger partial charge in [-0.25, -0.2) is 0 Å². The first-order valence-corrected chi connectivity index (χ1v) is 5.29. The Morgan fingerprint density at radius 2 is 2.06 bits per heavy atom. The summed E-state index contributed by atoms with van der Waals surface area (Å²) in [6.07, 6.45) is 0. The van der Waals surface area contributed by atoms with E-state index in [0.29, 0.717) is 6.61 Å². The van der Waals surface area contributed by atoms with Crippen LogP contribution in [0.1, 0.15) is 6.92 Å². The zero-order valence-corrected chi connectivity index (χ0v) is 9.99. The normalized spacial score (nSPS) is 9.94. The summed E-state index contributed by atoms with van der Waals surface area (Å²) in [4.78, 5) is 13.4. The lowest BCUT2D eigenvalue weighted by atomic mass is 10.2. The van der Waals surface area contributed by atoms with Crippen molar-refractivity contribution in [3.8, 4) is 0 Å². The maximum absolute atomic E-state index is 11.5. The van der Waals surface area contributed by atoms with Crippen molar-refractivity contribution >= 4 is 17.3 Å². The van der Waals surface area contributed by atoms with Crippen LogP contribution in [0.25, 0.3) is 0 Å². The quantitative estimate of drug-likeness (QED) is 0.825. The minimum Gasteiger partial charge on any atom is -0.376 e. The fourth-order valence-corrected chi connectivity index (χ4v) is 1.35. The molecule has 0 aliphatic heterocycles. The van der Waals surface area contributed by atoms with Gasteiger partial charge in [0.1, 0.15) is 6.61 Å². The predicted molar refractivity (Wildman–Crippen MR) is 65.9 cm³/mol. The summed E-state index contributed by atoms with van der Waals surface area (Å²) in [6, 6.07) is 7.66. The molecular formula is C12H18N2O2. The maximum atomic E-state index is 11.5. The molecule has 1 amide bonds. The van der Waals surface area contributed by atoms with E-state index in [2.05, 4.69) is 5.32 Å². The predicted octanol–water partition coefficient (Wildman–Crippen LogP) is 1.73. The van der Waals surface area contributed by atoms with Crippen molar-refractivity contribution in [1.29, 1.82) is 0 Å². The molecule has 0 atom stereocenters. The van der Waals surface area contributed by atoms with Crippen molar-refractivity contribution < 1.29 is 9.53 Å². The topological polar surface area (TPSA) is 41.6 Å². The molecular weight excluding hydrogens is 204 g/mol. The molecule has 0 radical (unpaired) electrons. The Morgan fingerprint density at radius 1 is 1.38 bits per heavy atom. The van der Waals surface area contributed by atoms with Crippen LogP contribution in [0.3, 0.4) is 0 Å². The van der Waals surface area contributed by atoms with E-state index in [-0.39, 0.29) is 12.5 Å². The maximum Gasteiger partial charge on any atom is 0.250 e. The monoisotopic (exact) mass is 222 g/mol. The lowest BCUT2D eigenvalue weighted by Crippen LogP contribution is -2.20. The van der Waals surface area contributed by atoms with Crippen molar-refractivity contribution in [2.45, 2.75) is 6.92 Å². The summed E-state index contributed by atoms with van der Waals surface area (Å²) in [5.74, 6) is -0.129. The van der Waals surface area contributed by atoms with Crippen LogP contribution in [0.5, 0.6) is 0 Å². The van der Waals surface area contributed by atoms with Gasteiger partial charge in [-0.2, -0.15) is 0 Å². The molecule has 0 fully saturated rings. The molecule has 0 spiro atoms. The van der Waals surface area contributed by atoms with E-state index < -0.39 is 0 Å². The third-order valence-corrected chi connectivity index (χ3v) is 2.10. The molecule has 1 aromatic rings. The molecule has 1 aromatic carbocycles. The van der Waals surface area contributed by atoms with Crippen LogP contribution in [-0.2, 0) is 9.53 Å². The van der Waals surface area contributed by atoms with E-state index in [1.165, 1.54) is 0 Å². The van der Waals surface area contributed by atoms with Gasteiger partial charge in [-0.3, -0.25) is 4.79 Å². The van der Waals surface area contributed by atoms with Crippen molar-refractivity contribution in [1.82, 2.24) is 0 Å². The molecule has 88 valence electrons. The van der Waals surface area contributed by atoms with E-state index in [1.54, 1.807) is 0 Å². The minimum absolute atomic E-state index is 0.0955. The highest BCUT2D eigenvalue weighted by molar-refractivity contribution is 5.95. The number of rotatable bonds is 5. The van der Waals surface area contributed by atoms with Gasteiger partial charge in [0.15, 0.2) is 0 Å². The Hall–Kier alpha value is -1.55. The zero-order chi connectivity index (χ0) is 12.0. The summed E-state index contributed by atoms with van der Waals surface area (Å²) in [6.45, 7) is 2.50. The molecule has 0 saturated carbocycles. The Balaban J connectivity index is 2.69. The number of anilines is 2. The number of hydrogen-bond donors (Lipinski definition) is 1. The second-order valence-corrected chi connectivity index (χ2v) is 3.60. The van der Waals surface area contributed by atoms with Crippen molar-refractivity contribution in [2.75, 3.05) is 37.5 Å². The molecule has 0 aromatic heterocycles. The van der Waals surface area contributed by atoms with Gasteiger partial charge in [-0.05, 0) is 19.1 Å². The lowest BCUT2D eigenvalue weighted by Gasteiger charge is -2.17. The smallest absolute Gasteiger partial charge is 0.250 e. The molecule has 0 aliphatic carbocycles. The molecule has 4 nitrogen and oxygen atoms in total. The second kappa shape index (κ2) is 6.12. The van der Waals surface area contributed by atoms with E-state index in [4.69, 9.17) is 4.74 Å². The lowest BCUT2D eigenvalue weighted by molar-refractivity contribution is -0.120. The number of amides is 1. The van der Waals surface area contributed by atoms with E-state index in [1.807, 2.05) is 50.2 Å². The molecule has 4 heteroatoms. The van der Waals surface area contributed by atoms with Crippen LogP contribution in [-0.4, -0.2) is 33.2 Å². The first-order chi connectivity index (χ1) is 7.65. The number of benzene rings is 1. The van der Waals surface area contributed by atoms with Gasteiger partial charge < -0.3 is 15.0 Å². The summed E-state index contributed by atoms with van der Waals surface area (Å²) in [5, 5.41) is 2.82. The number of para-hydroxylation sites is 2. The number of carbonyl (C=O) groups excluding carboxylic acids is 1. The largest absolute Gasteiger partial charge is 0.376 e. The molecule has 0 aliphatic rings. The van der Waals surface area contributed by atoms with Crippen molar-refractivity contribution in [2.24, 2.45) is 0 Å². The summed E-state index contributed by atoms with van der Waals surface area (Å²) < 4.78 is 5.04. The first-order valence-electron chi connectivity index (χ1n) is 5.29. The third-order valence-electron chi connectivity index (χ3n) is 2.10. The molecule has 0 unspecified atom stereocenters. The van der Waals surface area contributed by atoms with E-state index >= 15 is 0 Å². The van der Waals surface area contributed by atoms with Gasteiger partial charge in [-0.15, -0.1) is 0 Å². The van der Waals surface area contributed by atoms with Crippen molar-refractivity contribution in [3.63, 3.8) is 0 Å². The summed E-state index contributed by atoms with van der Waals surface area (Å²) in [5.41, 5.74) is 1.78. The zero-order valence-electron chi connectivity index (χ0n) is 9.99. The Kier molecular flexibility index (Phi) is 4.79. The summed E-state index contributed by atoms with van der Waals surface area (Å²) >= 11 is 0. The average molecular weight is 222 g/mol. The molecule has 16 heavy (non-hydrogen) atoms. The van der Waals surface area contributed by atoms with E-state index in [9.17, 15) is 4.79 Å². The molecule has 0 heterocycles. The van der Waals surface area contributed by atoms with E-state index in [0.717, 1.165) is 11.4 Å². The van der Waals surface area contributed by atoms with Crippen LogP contribution in [0.15, 0.2) is 24.3 Å². The van der Waals surface area contributed by atoms with Crippen LogP contribution in [0.4, 0.5) is 11.4 Å². The highest BCUT2D eigenvalue weighted by atomic mass is 16.5. The number of nitrogens with one attached hydrogen (secondary N) is 1. The Morgan fingerprint density at radius 3 is 2.69 bits per heavy atom. The van der Waals surface area contributed by atoms with Gasteiger partial charge in [0.25, 0.3) is 0 Å². The number of hydrogen-bond acceptors (Lipinski definition) is 3. The minimum atomic E-state index is -0.129. The standard InChI is InChI=1S/C12H18N2O2/c1-4-16-9-12(15)13-10-7-5-6-8-11(10)14(2)3/h5-8H,4,9H2,1-3H3,(H,13,15). The molecule has 0 bridgehead atoms. The van der Waals surface area contributed by atoms with Gasteiger partial charge in [-0.1, -0.05) is 12.1 Å². The Labute approximate surface area is 96.2 Å². The van der Waals surface area contributed by atoms with Gasteiger partial charge in [0.2, 0.25) is 5.91 Å². The Bertz CT molecular complexity index is 351. The summed E-state index contributed by atoms with van der Waals surface area (Å²) in [7, 11) is 3.88. The third kappa shape index (κ3) is 3.55. The highest BCUT2D eigenvalue weighted by Gasteiger charge is 2.07. The van der Waals surface area contributed by atoms with Crippen LogP contribution in [0.2, 0.25) is 0 Å². The number of nitrogens with zero attached hydrogens (tertiary/aromatic N) is 1. The van der Waals surface area contributed by atoms with Gasteiger partial charge >= 0.3 is 0 Å². The van der Waals surface area contributed by atoms with Gasteiger partial charge in [0.05, 0.1) is 11.4 Å². The number of ether oxygens (including phenoxy) is 1. The fraction of sp³-hybridized carbons (Fsp3) is 0.417. The van der Waals surface area contributed by atoms with Crippen LogP contribution < -0.4 is 10.2 Å². The average Bonchev–Trinajstić information content (AvgIpc) is 2.27. The van der Waals surface area contributed by atoms with Crippen LogP contribution >= 0.6 is 0 Å². The molecule has 1 rings (SSSR count). The second-order valence-electron chi connectivity index (χ2n) is 3.60.